The van der Waals surface area contributed by atoms with Gasteiger partial charge in [0.15, 0.2) is 0 Å². The number of aromatic nitrogens is 1. The number of imide groups is 1. The molecule has 2 amide bonds. The van der Waals surface area contributed by atoms with E-state index in [2.05, 4.69) is 15.2 Å². The standard InChI is InChI=1S/C13H15N3O2/c17-12-5-3-10(13(18)15-12)9-2-4-11(14-8-9)16-6-1-7-16/h2,4,8,10H,1,3,5-7H2,(H,15,17,18). The highest BCUT2D eigenvalue weighted by atomic mass is 16.2. The molecule has 3 rings (SSSR count). The molecule has 0 saturated carbocycles. The summed E-state index contributed by atoms with van der Waals surface area (Å²) in [6, 6.07) is 3.90. The molecule has 1 atom stereocenters. The van der Waals surface area contributed by atoms with Crippen LogP contribution in [0.3, 0.4) is 0 Å². The van der Waals surface area contributed by atoms with Gasteiger partial charge in [-0.1, -0.05) is 6.07 Å². The van der Waals surface area contributed by atoms with E-state index in [1.54, 1.807) is 6.20 Å². The van der Waals surface area contributed by atoms with Crippen molar-refractivity contribution in [2.24, 2.45) is 0 Å². The largest absolute Gasteiger partial charge is 0.356 e. The molecule has 1 unspecified atom stereocenters. The Labute approximate surface area is 105 Å². The quantitative estimate of drug-likeness (QED) is 0.783. The first-order chi connectivity index (χ1) is 8.74. The van der Waals surface area contributed by atoms with Crippen molar-refractivity contribution in [2.75, 3.05) is 18.0 Å². The fourth-order valence-corrected chi connectivity index (χ4v) is 2.35. The third kappa shape index (κ3) is 1.96. The van der Waals surface area contributed by atoms with Gasteiger partial charge in [0.2, 0.25) is 11.8 Å². The molecule has 5 heteroatoms. The Morgan fingerprint density at radius 2 is 2.11 bits per heavy atom. The minimum Gasteiger partial charge on any atom is -0.356 e. The van der Waals surface area contributed by atoms with E-state index < -0.39 is 0 Å². The maximum absolute atomic E-state index is 11.7. The number of rotatable bonds is 2. The number of pyridine rings is 1. The molecule has 2 aliphatic heterocycles. The zero-order valence-corrected chi connectivity index (χ0v) is 10.1. The fraction of sp³-hybridized carbons (Fsp3) is 0.462. The topological polar surface area (TPSA) is 62.3 Å². The lowest BCUT2D eigenvalue weighted by Gasteiger charge is -2.32. The predicted octanol–water partition coefficient (Wildman–Crippen LogP) is 0.812. The number of carbonyl (C=O) groups is 2. The summed E-state index contributed by atoms with van der Waals surface area (Å²) in [6.45, 7) is 2.12. The second kappa shape index (κ2) is 4.40. The van der Waals surface area contributed by atoms with Crippen LogP contribution in [-0.4, -0.2) is 29.9 Å². The van der Waals surface area contributed by atoms with Crippen molar-refractivity contribution in [3.63, 3.8) is 0 Å². The summed E-state index contributed by atoms with van der Waals surface area (Å²) in [6.07, 6.45) is 3.96. The molecule has 2 saturated heterocycles. The zero-order valence-electron chi connectivity index (χ0n) is 10.1. The van der Waals surface area contributed by atoms with Crippen LogP contribution >= 0.6 is 0 Å². The maximum Gasteiger partial charge on any atom is 0.234 e. The van der Waals surface area contributed by atoms with Crippen molar-refractivity contribution in [1.29, 1.82) is 0 Å². The van der Waals surface area contributed by atoms with Gasteiger partial charge in [0.1, 0.15) is 5.82 Å². The minimum absolute atomic E-state index is 0.179. The van der Waals surface area contributed by atoms with Gasteiger partial charge in [0, 0.05) is 25.7 Å². The van der Waals surface area contributed by atoms with Gasteiger partial charge in [-0.05, 0) is 24.5 Å². The fourth-order valence-electron chi connectivity index (χ4n) is 2.35. The minimum atomic E-state index is -0.236. The lowest BCUT2D eigenvalue weighted by Crippen LogP contribution is -2.39. The summed E-state index contributed by atoms with van der Waals surface area (Å²) in [5.41, 5.74) is 0.893. The van der Waals surface area contributed by atoms with Gasteiger partial charge in [-0.3, -0.25) is 14.9 Å². The van der Waals surface area contributed by atoms with E-state index in [0.717, 1.165) is 24.5 Å². The number of nitrogens with zero attached hydrogens (tertiary/aromatic N) is 2. The monoisotopic (exact) mass is 245 g/mol. The van der Waals surface area contributed by atoms with Crippen molar-refractivity contribution in [3.8, 4) is 0 Å². The van der Waals surface area contributed by atoms with Crippen LogP contribution in [0.5, 0.6) is 0 Å². The van der Waals surface area contributed by atoms with Crippen LogP contribution in [0.15, 0.2) is 18.3 Å². The number of hydrogen-bond donors (Lipinski definition) is 1. The van der Waals surface area contributed by atoms with Crippen LogP contribution in [0, 0.1) is 0 Å². The third-order valence-electron chi connectivity index (χ3n) is 3.59. The highest BCUT2D eigenvalue weighted by Crippen LogP contribution is 2.26. The van der Waals surface area contributed by atoms with Crippen molar-refractivity contribution < 1.29 is 9.59 Å². The highest BCUT2D eigenvalue weighted by Gasteiger charge is 2.28. The van der Waals surface area contributed by atoms with E-state index in [-0.39, 0.29) is 17.7 Å². The van der Waals surface area contributed by atoms with E-state index in [1.807, 2.05) is 12.1 Å². The average molecular weight is 245 g/mol. The molecule has 0 spiro atoms. The average Bonchev–Trinajstić information content (AvgIpc) is 2.28. The third-order valence-corrected chi connectivity index (χ3v) is 3.59. The molecule has 5 nitrogen and oxygen atoms in total. The summed E-state index contributed by atoms with van der Waals surface area (Å²) < 4.78 is 0. The lowest BCUT2D eigenvalue weighted by molar-refractivity contribution is -0.134. The summed E-state index contributed by atoms with van der Waals surface area (Å²) in [4.78, 5) is 29.4. The molecule has 1 aromatic rings. The molecule has 0 aliphatic carbocycles. The van der Waals surface area contributed by atoms with Gasteiger partial charge in [-0.25, -0.2) is 4.98 Å². The SMILES string of the molecule is O=C1CCC(c2ccc(N3CCC3)nc2)C(=O)N1. The molecule has 2 fully saturated rings. The van der Waals surface area contributed by atoms with Crippen LogP contribution in [0.2, 0.25) is 0 Å². The second-order valence-corrected chi connectivity index (χ2v) is 4.79. The second-order valence-electron chi connectivity index (χ2n) is 4.79. The predicted molar refractivity (Wildman–Crippen MR) is 66.2 cm³/mol. The van der Waals surface area contributed by atoms with E-state index in [0.29, 0.717) is 12.8 Å². The number of amides is 2. The van der Waals surface area contributed by atoms with Crippen LogP contribution in [0.4, 0.5) is 5.82 Å². The summed E-state index contributed by atoms with van der Waals surface area (Å²) in [5, 5.41) is 2.37. The van der Waals surface area contributed by atoms with Crippen LogP contribution < -0.4 is 10.2 Å². The first-order valence-electron chi connectivity index (χ1n) is 6.28. The van der Waals surface area contributed by atoms with Gasteiger partial charge in [-0.2, -0.15) is 0 Å². The Kier molecular flexibility index (Phi) is 2.74. The molecule has 0 radical (unpaired) electrons. The highest BCUT2D eigenvalue weighted by molar-refractivity contribution is 6.00. The number of piperidine rings is 1. The first kappa shape index (κ1) is 11.2. The van der Waals surface area contributed by atoms with Crippen molar-refractivity contribution in [2.45, 2.75) is 25.2 Å². The van der Waals surface area contributed by atoms with E-state index in [1.165, 1.54) is 6.42 Å². The summed E-state index contributed by atoms with van der Waals surface area (Å²) in [5.74, 6) is 0.351. The molecular weight excluding hydrogens is 230 g/mol. The Bertz CT molecular complexity index is 480. The van der Waals surface area contributed by atoms with Gasteiger partial charge < -0.3 is 4.90 Å². The molecule has 18 heavy (non-hydrogen) atoms. The van der Waals surface area contributed by atoms with Gasteiger partial charge in [0.05, 0.1) is 5.92 Å². The van der Waals surface area contributed by atoms with Gasteiger partial charge >= 0.3 is 0 Å². The van der Waals surface area contributed by atoms with E-state index >= 15 is 0 Å². The number of anilines is 1. The molecule has 1 aromatic heterocycles. The summed E-state index contributed by atoms with van der Waals surface area (Å²) >= 11 is 0. The Morgan fingerprint density at radius 1 is 1.28 bits per heavy atom. The molecule has 0 bridgehead atoms. The Hall–Kier alpha value is -1.91. The summed E-state index contributed by atoms with van der Waals surface area (Å²) in [7, 11) is 0. The number of carbonyl (C=O) groups excluding carboxylic acids is 2. The molecule has 2 aliphatic rings. The van der Waals surface area contributed by atoms with E-state index in [9.17, 15) is 9.59 Å². The first-order valence-corrected chi connectivity index (χ1v) is 6.28. The Morgan fingerprint density at radius 3 is 2.67 bits per heavy atom. The lowest BCUT2D eigenvalue weighted by atomic mass is 9.92. The zero-order chi connectivity index (χ0) is 12.5. The number of hydrogen-bond acceptors (Lipinski definition) is 4. The van der Waals surface area contributed by atoms with Crippen LogP contribution in [-0.2, 0) is 9.59 Å². The molecule has 0 aromatic carbocycles. The molecule has 1 N–H and O–H groups in total. The van der Waals surface area contributed by atoms with Gasteiger partial charge in [0.25, 0.3) is 0 Å². The van der Waals surface area contributed by atoms with Crippen molar-refractivity contribution in [3.05, 3.63) is 23.9 Å². The maximum atomic E-state index is 11.7. The molecule has 3 heterocycles. The number of nitrogens with one attached hydrogen (secondary N) is 1. The normalized spacial score (nSPS) is 23.6. The van der Waals surface area contributed by atoms with Crippen LogP contribution in [0.1, 0.15) is 30.7 Å². The van der Waals surface area contributed by atoms with Crippen molar-refractivity contribution in [1.82, 2.24) is 10.3 Å². The Balaban J connectivity index is 1.75. The smallest absolute Gasteiger partial charge is 0.234 e. The molecular formula is C13H15N3O2. The van der Waals surface area contributed by atoms with E-state index in [4.69, 9.17) is 0 Å². The van der Waals surface area contributed by atoms with Gasteiger partial charge in [-0.15, -0.1) is 0 Å². The molecule has 94 valence electrons. The van der Waals surface area contributed by atoms with Crippen molar-refractivity contribution >= 4 is 17.6 Å². The van der Waals surface area contributed by atoms with Crippen LogP contribution in [0.25, 0.3) is 0 Å².